The van der Waals surface area contributed by atoms with Crippen molar-refractivity contribution in [3.8, 4) is 34.1 Å². The van der Waals surface area contributed by atoms with Crippen LogP contribution in [0.15, 0.2) is 110 Å². The van der Waals surface area contributed by atoms with Crippen LogP contribution < -0.4 is 4.74 Å². The summed E-state index contributed by atoms with van der Waals surface area (Å²) in [6.45, 7) is 6.55. The van der Waals surface area contributed by atoms with Crippen LogP contribution in [0.25, 0.3) is 44.4 Å². The van der Waals surface area contributed by atoms with Gasteiger partial charge in [0.1, 0.15) is 34.8 Å². The largest absolute Gasteiger partial charge is 0.457 e. The van der Waals surface area contributed by atoms with Crippen LogP contribution in [0.4, 0.5) is 13.2 Å². The topological polar surface area (TPSA) is 44.9 Å². The highest BCUT2D eigenvalue weighted by molar-refractivity contribution is 6.09. The van der Waals surface area contributed by atoms with Crippen molar-refractivity contribution in [3.63, 3.8) is 0 Å². The fourth-order valence-electron chi connectivity index (χ4n) is 5.50. The minimum absolute atomic E-state index is 0.0353. The number of nitrogens with zero attached hydrogens (tertiary/aromatic N) is 4. The molecule has 3 heterocycles. The second kappa shape index (κ2) is 10.4. The molecule has 0 spiro atoms. The van der Waals surface area contributed by atoms with Gasteiger partial charge in [-0.05, 0) is 53.4 Å². The fraction of sp³-hybridized carbons (Fsp3) is 0.111. The molecule has 0 bridgehead atoms. The fourth-order valence-corrected chi connectivity index (χ4v) is 5.50. The van der Waals surface area contributed by atoms with E-state index in [0.29, 0.717) is 29.3 Å². The van der Waals surface area contributed by atoms with E-state index < -0.39 is 17.5 Å². The average Bonchev–Trinajstić information content (AvgIpc) is 3.59. The Bertz CT molecular complexity index is 2170. The van der Waals surface area contributed by atoms with Gasteiger partial charge in [-0.15, -0.1) is 0 Å². The Hall–Kier alpha value is -5.37. The van der Waals surface area contributed by atoms with E-state index in [-0.39, 0.29) is 16.5 Å². The average molecular weight is 589 g/mol. The molecule has 0 unspecified atom stereocenters. The van der Waals surface area contributed by atoms with Gasteiger partial charge in [0.05, 0.1) is 28.5 Å². The zero-order valence-corrected chi connectivity index (χ0v) is 24.2. The van der Waals surface area contributed by atoms with Gasteiger partial charge in [-0.2, -0.15) is 5.10 Å². The number of benzene rings is 4. The third-order valence-corrected chi connectivity index (χ3v) is 7.68. The summed E-state index contributed by atoms with van der Waals surface area (Å²) in [6, 6.07) is 26.9. The Kier molecular flexibility index (Phi) is 6.50. The number of hydrogen-bond acceptors (Lipinski definition) is 3. The van der Waals surface area contributed by atoms with Crippen molar-refractivity contribution in [3.05, 3.63) is 133 Å². The molecule has 4 aromatic carbocycles. The SMILES string of the molecule is CC(C)(C)c1ccnc(-n2c3ccccc3c3ccc(Oc4cccc(-n5cc(-c6c(F)cc(F)cc6F)cn5)c4)cc32)c1. The molecule has 5 nitrogen and oxygen atoms in total. The highest BCUT2D eigenvalue weighted by Crippen LogP contribution is 2.36. The van der Waals surface area contributed by atoms with Crippen molar-refractivity contribution in [2.24, 2.45) is 0 Å². The highest BCUT2D eigenvalue weighted by Gasteiger charge is 2.19. The molecule has 0 aliphatic rings. The normalized spacial score (nSPS) is 11.9. The summed E-state index contributed by atoms with van der Waals surface area (Å²) in [5.74, 6) is -0.962. The molecule has 0 aliphatic carbocycles. The van der Waals surface area contributed by atoms with Gasteiger partial charge in [0.2, 0.25) is 0 Å². The van der Waals surface area contributed by atoms with Crippen LogP contribution in [0.1, 0.15) is 26.3 Å². The van der Waals surface area contributed by atoms with E-state index in [9.17, 15) is 13.2 Å². The molecular formula is C36H27F3N4O. The second-order valence-corrected chi connectivity index (χ2v) is 11.7. The third-order valence-electron chi connectivity index (χ3n) is 7.68. The van der Waals surface area contributed by atoms with E-state index >= 15 is 0 Å². The number of aromatic nitrogens is 4. The minimum Gasteiger partial charge on any atom is -0.457 e. The van der Waals surface area contributed by atoms with Crippen LogP contribution in [0.5, 0.6) is 11.5 Å². The maximum Gasteiger partial charge on any atom is 0.137 e. The first-order valence-corrected chi connectivity index (χ1v) is 14.1. The standard InChI is InChI=1S/C36H27F3N4O/c1-36(2,3)23-13-14-40-34(15-23)43-32-10-5-4-9-28(32)29-12-11-27(19-33(29)43)44-26-8-6-7-25(18-26)42-21-22(20-41-42)35-30(38)16-24(37)17-31(35)39/h4-21H,1-3H3. The summed E-state index contributed by atoms with van der Waals surface area (Å²) in [5.41, 5.74) is 3.62. The van der Waals surface area contributed by atoms with Crippen LogP contribution >= 0.6 is 0 Å². The predicted octanol–water partition coefficient (Wildman–Crippen LogP) is 9.54. The minimum atomic E-state index is -0.993. The summed E-state index contributed by atoms with van der Waals surface area (Å²) in [5, 5.41) is 6.47. The molecule has 0 saturated carbocycles. The van der Waals surface area contributed by atoms with Gasteiger partial charge in [0.25, 0.3) is 0 Å². The van der Waals surface area contributed by atoms with Crippen LogP contribution in [0.3, 0.4) is 0 Å². The summed E-state index contributed by atoms with van der Waals surface area (Å²) in [7, 11) is 0. The second-order valence-electron chi connectivity index (χ2n) is 11.7. The predicted molar refractivity (Wildman–Crippen MR) is 166 cm³/mol. The van der Waals surface area contributed by atoms with E-state index in [1.54, 1.807) is 12.1 Å². The molecule has 218 valence electrons. The van der Waals surface area contributed by atoms with E-state index in [0.717, 1.165) is 27.6 Å². The Balaban J connectivity index is 1.26. The molecule has 3 aromatic heterocycles. The quantitative estimate of drug-likeness (QED) is 0.201. The lowest BCUT2D eigenvalue weighted by molar-refractivity contribution is 0.483. The number of ether oxygens (including phenoxy) is 1. The lowest BCUT2D eigenvalue weighted by Gasteiger charge is -2.20. The van der Waals surface area contributed by atoms with Gasteiger partial charge in [-0.1, -0.05) is 45.0 Å². The summed E-state index contributed by atoms with van der Waals surface area (Å²) < 4.78 is 52.1. The van der Waals surface area contributed by atoms with E-state index in [2.05, 4.69) is 48.6 Å². The van der Waals surface area contributed by atoms with Crippen LogP contribution in [-0.2, 0) is 5.41 Å². The van der Waals surface area contributed by atoms with Gasteiger partial charge in [0, 0.05) is 53.0 Å². The number of para-hydroxylation sites is 1. The van der Waals surface area contributed by atoms with Crippen molar-refractivity contribution in [2.75, 3.05) is 0 Å². The molecule has 0 radical (unpaired) electrons. The van der Waals surface area contributed by atoms with Crippen LogP contribution in [-0.4, -0.2) is 19.3 Å². The first kappa shape index (κ1) is 27.5. The zero-order chi connectivity index (χ0) is 30.6. The molecule has 8 heteroatoms. The van der Waals surface area contributed by atoms with E-state index in [1.807, 2.05) is 54.7 Å². The van der Waals surface area contributed by atoms with Crippen molar-refractivity contribution in [2.45, 2.75) is 26.2 Å². The van der Waals surface area contributed by atoms with E-state index in [1.165, 1.54) is 22.6 Å². The molecule has 7 aromatic rings. The first-order chi connectivity index (χ1) is 21.2. The Morgan fingerprint density at radius 3 is 2.27 bits per heavy atom. The van der Waals surface area contributed by atoms with Crippen molar-refractivity contribution in [1.29, 1.82) is 0 Å². The lowest BCUT2D eigenvalue weighted by atomic mass is 9.88. The van der Waals surface area contributed by atoms with E-state index in [4.69, 9.17) is 9.72 Å². The van der Waals surface area contributed by atoms with Gasteiger partial charge in [0.15, 0.2) is 0 Å². The maximum atomic E-state index is 14.4. The van der Waals surface area contributed by atoms with Gasteiger partial charge in [-0.25, -0.2) is 22.8 Å². The Morgan fingerprint density at radius 1 is 0.727 bits per heavy atom. The number of pyridine rings is 1. The molecule has 44 heavy (non-hydrogen) atoms. The van der Waals surface area contributed by atoms with Crippen LogP contribution in [0, 0.1) is 17.5 Å². The molecule has 0 N–H and O–H groups in total. The van der Waals surface area contributed by atoms with Crippen molar-refractivity contribution in [1.82, 2.24) is 19.3 Å². The maximum absolute atomic E-state index is 14.4. The third kappa shape index (κ3) is 4.88. The summed E-state index contributed by atoms with van der Waals surface area (Å²) >= 11 is 0. The molecule has 0 aliphatic heterocycles. The first-order valence-electron chi connectivity index (χ1n) is 14.1. The summed E-state index contributed by atoms with van der Waals surface area (Å²) in [4.78, 5) is 4.74. The number of halogens is 3. The highest BCUT2D eigenvalue weighted by atomic mass is 19.1. The van der Waals surface area contributed by atoms with Crippen molar-refractivity contribution >= 4 is 21.8 Å². The number of rotatable bonds is 5. The number of fused-ring (bicyclic) bond motifs is 3. The molecule has 0 saturated heterocycles. The van der Waals surface area contributed by atoms with Gasteiger partial charge >= 0.3 is 0 Å². The molecule has 7 rings (SSSR count). The molecule has 0 atom stereocenters. The molecule has 0 amide bonds. The Labute approximate surface area is 251 Å². The van der Waals surface area contributed by atoms with Gasteiger partial charge < -0.3 is 4.74 Å². The zero-order valence-electron chi connectivity index (χ0n) is 24.2. The Morgan fingerprint density at radius 2 is 1.48 bits per heavy atom. The van der Waals surface area contributed by atoms with Crippen molar-refractivity contribution < 1.29 is 17.9 Å². The molecular weight excluding hydrogens is 561 g/mol. The summed E-state index contributed by atoms with van der Waals surface area (Å²) in [6.07, 6.45) is 4.67. The van der Waals surface area contributed by atoms with Gasteiger partial charge in [-0.3, -0.25) is 4.57 Å². The monoisotopic (exact) mass is 588 g/mol. The lowest BCUT2D eigenvalue weighted by Crippen LogP contribution is -2.12. The smallest absolute Gasteiger partial charge is 0.137 e. The number of hydrogen-bond donors (Lipinski definition) is 0. The molecule has 0 fully saturated rings. The van der Waals surface area contributed by atoms with Crippen LogP contribution in [0.2, 0.25) is 0 Å².